The van der Waals surface area contributed by atoms with Crippen LogP contribution in [0.5, 0.6) is 0 Å². The van der Waals surface area contributed by atoms with Gasteiger partial charge in [-0.25, -0.2) is 10.8 Å². The molecule has 4 aromatic rings. The van der Waals surface area contributed by atoms with Gasteiger partial charge < -0.3 is 9.88 Å². The Morgan fingerprint density at radius 3 is 2.78 bits per heavy atom. The predicted molar refractivity (Wildman–Crippen MR) is 152 cm³/mol. The zero-order valence-electron chi connectivity index (χ0n) is 21.4. The molecule has 3 N–H and O–H groups in total. The van der Waals surface area contributed by atoms with E-state index in [4.69, 9.17) is 32.4 Å². The zero-order valence-corrected chi connectivity index (χ0v) is 22.2. The Labute approximate surface area is 222 Å². The van der Waals surface area contributed by atoms with Crippen LogP contribution in [0.25, 0.3) is 16.7 Å². The Bertz CT molecular complexity index is 1460. The van der Waals surface area contributed by atoms with E-state index in [0.717, 1.165) is 34.3 Å². The van der Waals surface area contributed by atoms with Crippen molar-refractivity contribution in [3.05, 3.63) is 95.4 Å². The van der Waals surface area contributed by atoms with Crippen LogP contribution in [0.3, 0.4) is 0 Å². The second-order valence-electron chi connectivity index (χ2n) is 9.83. The summed E-state index contributed by atoms with van der Waals surface area (Å²) in [4.78, 5) is 14.3. The van der Waals surface area contributed by atoms with Crippen LogP contribution < -0.4 is 16.2 Å². The van der Waals surface area contributed by atoms with E-state index in [2.05, 4.69) is 54.6 Å². The molecule has 3 atom stereocenters. The molecule has 0 spiro atoms. The fraction of sp³-hybridized carbons (Fsp3) is 0.276. The quantitative estimate of drug-likeness (QED) is 0.150. The number of aromatic nitrogens is 4. The van der Waals surface area contributed by atoms with Gasteiger partial charge in [0.25, 0.3) is 0 Å². The van der Waals surface area contributed by atoms with Crippen LogP contribution in [-0.2, 0) is 6.54 Å². The van der Waals surface area contributed by atoms with Crippen molar-refractivity contribution in [2.45, 2.75) is 39.8 Å². The number of allylic oxidation sites excluding steroid dienone is 2. The van der Waals surface area contributed by atoms with Gasteiger partial charge in [0.15, 0.2) is 17.0 Å². The number of nitrogens with zero attached hydrogens (tertiary/aromatic N) is 5. The molecule has 0 bridgehead atoms. The van der Waals surface area contributed by atoms with Crippen molar-refractivity contribution < 1.29 is 0 Å². The Hall–Kier alpha value is -3.68. The van der Waals surface area contributed by atoms with Gasteiger partial charge in [-0.05, 0) is 60.9 Å². The van der Waals surface area contributed by atoms with Crippen molar-refractivity contribution in [2.24, 2.45) is 17.7 Å². The lowest BCUT2D eigenvalue weighted by molar-refractivity contribution is 0.559. The van der Waals surface area contributed by atoms with Crippen LogP contribution in [0.2, 0.25) is 5.02 Å². The van der Waals surface area contributed by atoms with Crippen molar-refractivity contribution in [1.82, 2.24) is 19.5 Å². The van der Waals surface area contributed by atoms with Gasteiger partial charge in [0.05, 0.1) is 6.33 Å². The monoisotopic (exact) mass is 513 g/mol. The maximum Gasteiger partial charge on any atom is 0.248 e. The lowest BCUT2D eigenvalue weighted by Gasteiger charge is -2.16. The molecule has 1 fully saturated rings. The van der Waals surface area contributed by atoms with Crippen LogP contribution in [0.1, 0.15) is 43.0 Å². The molecule has 2 aromatic heterocycles. The standard InChI is InChI=1S/C29H32ClN7/c1-5-19(3)24-14-25(24)36-17-33-26-27(32-15-21-7-6-8-23(30)13-21)34-29(35-28(26)36)37(31)16-20(4)22-11-9-18(2)10-12-22/h5-13,16-17,19,24-25H,1,14-15,31H2,2-4H3,(H,32,34,35)/b20-16+. The van der Waals surface area contributed by atoms with Crippen LogP contribution in [-0.4, -0.2) is 19.5 Å². The van der Waals surface area contributed by atoms with Gasteiger partial charge >= 0.3 is 0 Å². The summed E-state index contributed by atoms with van der Waals surface area (Å²) < 4.78 is 2.15. The van der Waals surface area contributed by atoms with E-state index in [0.29, 0.717) is 41.2 Å². The highest BCUT2D eigenvalue weighted by Gasteiger charge is 2.42. The minimum Gasteiger partial charge on any atom is -0.364 e. The second-order valence-corrected chi connectivity index (χ2v) is 10.3. The number of hydrogen-bond acceptors (Lipinski definition) is 6. The lowest BCUT2D eigenvalue weighted by atomic mass is 10.1. The first-order chi connectivity index (χ1) is 17.8. The fourth-order valence-electron chi connectivity index (χ4n) is 4.64. The lowest BCUT2D eigenvalue weighted by Crippen LogP contribution is -2.27. The van der Waals surface area contributed by atoms with E-state index in [1.165, 1.54) is 10.6 Å². The molecule has 0 amide bonds. The molecule has 190 valence electrons. The normalized spacial score (nSPS) is 18.0. The first kappa shape index (κ1) is 25.0. The highest BCUT2D eigenvalue weighted by molar-refractivity contribution is 6.30. The van der Waals surface area contributed by atoms with Crippen molar-refractivity contribution in [2.75, 3.05) is 10.3 Å². The summed E-state index contributed by atoms with van der Waals surface area (Å²) in [6.07, 6.45) is 6.81. The third-order valence-corrected chi connectivity index (χ3v) is 7.27. The molecule has 1 aliphatic carbocycles. The number of nitrogens with one attached hydrogen (secondary N) is 1. The summed E-state index contributed by atoms with van der Waals surface area (Å²) >= 11 is 6.19. The predicted octanol–water partition coefficient (Wildman–Crippen LogP) is 6.52. The molecular weight excluding hydrogens is 482 g/mol. The summed E-state index contributed by atoms with van der Waals surface area (Å²) in [6, 6.07) is 16.4. The molecule has 0 saturated heterocycles. The van der Waals surface area contributed by atoms with Gasteiger partial charge in [0, 0.05) is 23.8 Å². The Balaban J connectivity index is 1.51. The topological polar surface area (TPSA) is 84.9 Å². The number of fused-ring (bicyclic) bond motifs is 1. The molecule has 2 heterocycles. The van der Waals surface area contributed by atoms with Gasteiger partial charge in [-0.1, -0.05) is 66.6 Å². The Morgan fingerprint density at radius 2 is 2.05 bits per heavy atom. The van der Waals surface area contributed by atoms with E-state index in [1.54, 1.807) is 0 Å². The van der Waals surface area contributed by atoms with Crippen LogP contribution in [0, 0.1) is 18.8 Å². The minimum absolute atomic E-state index is 0.331. The summed E-state index contributed by atoms with van der Waals surface area (Å²) in [5, 5.41) is 5.60. The summed E-state index contributed by atoms with van der Waals surface area (Å²) in [5.74, 6) is 8.47. The molecule has 2 aromatic carbocycles. The third kappa shape index (κ3) is 5.38. The van der Waals surface area contributed by atoms with E-state index < -0.39 is 0 Å². The van der Waals surface area contributed by atoms with Gasteiger partial charge in [0.1, 0.15) is 0 Å². The van der Waals surface area contributed by atoms with Gasteiger partial charge in [-0.2, -0.15) is 9.97 Å². The summed E-state index contributed by atoms with van der Waals surface area (Å²) in [6.45, 7) is 10.8. The minimum atomic E-state index is 0.331. The number of halogens is 1. The molecule has 7 nitrogen and oxygen atoms in total. The number of nitrogens with two attached hydrogens (primary N) is 1. The highest BCUT2D eigenvalue weighted by Crippen LogP contribution is 2.49. The average molecular weight is 514 g/mol. The number of rotatable bonds is 9. The first-order valence-corrected chi connectivity index (χ1v) is 12.9. The maximum absolute atomic E-state index is 6.50. The highest BCUT2D eigenvalue weighted by atomic mass is 35.5. The number of aryl methyl sites for hydroxylation is 1. The van der Waals surface area contributed by atoms with Gasteiger partial charge in [-0.15, -0.1) is 6.58 Å². The molecule has 8 heteroatoms. The van der Waals surface area contributed by atoms with E-state index in [1.807, 2.05) is 49.8 Å². The number of hydrogen-bond donors (Lipinski definition) is 2. The second kappa shape index (κ2) is 10.4. The number of anilines is 2. The van der Waals surface area contributed by atoms with E-state index in [-0.39, 0.29) is 0 Å². The van der Waals surface area contributed by atoms with Crippen molar-refractivity contribution in [3.8, 4) is 0 Å². The first-order valence-electron chi connectivity index (χ1n) is 12.5. The molecule has 1 saturated carbocycles. The van der Waals surface area contributed by atoms with E-state index in [9.17, 15) is 0 Å². The average Bonchev–Trinajstić information content (AvgIpc) is 3.57. The third-order valence-electron chi connectivity index (χ3n) is 7.04. The molecule has 5 rings (SSSR count). The van der Waals surface area contributed by atoms with Crippen LogP contribution >= 0.6 is 11.6 Å². The maximum atomic E-state index is 6.50. The van der Waals surface area contributed by atoms with Crippen LogP contribution in [0.15, 0.2) is 73.7 Å². The molecule has 0 radical (unpaired) electrons. The van der Waals surface area contributed by atoms with Crippen molar-refractivity contribution >= 4 is 40.1 Å². The van der Waals surface area contributed by atoms with Crippen molar-refractivity contribution in [3.63, 3.8) is 0 Å². The number of benzene rings is 2. The summed E-state index contributed by atoms with van der Waals surface area (Å²) in [7, 11) is 0. The molecule has 1 aliphatic rings. The molecule has 0 aliphatic heterocycles. The zero-order chi connectivity index (χ0) is 26.1. The van der Waals surface area contributed by atoms with Crippen molar-refractivity contribution in [1.29, 1.82) is 0 Å². The number of imidazole rings is 1. The Morgan fingerprint density at radius 1 is 1.27 bits per heavy atom. The largest absolute Gasteiger partial charge is 0.364 e. The van der Waals surface area contributed by atoms with Crippen LogP contribution in [0.4, 0.5) is 11.8 Å². The molecule has 37 heavy (non-hydrogen) atoms. The summed E-state index contributed by atoms with van der Waals surface area (Å²) in [5.41, 5.74) is 5.83. The van der Waals surface area contributed by atoms with Gasteiger partial charge in [0.2, 0.25) is 5.95 Å². The van der Waals surface area contributed by atoms with Gasteiger partial charge in [-0.3, -0.25) is 5.01 Å². The Kier molecular flexibility index (Phi) is 7.00. The number of hydrazine groups is 1. The SMILES string of the molecule is C=CC(C)C1CC1n1cnc2c(NCc3cccc(Cl)c3)nc(N(N)/C=C(\C)c3ccc(C)cc3)nc21. The van der Waals surface area contributed by atoms with E-state index >= 15 is 0 Å². The molecule has 3 unspecified atom stereocenters. The molecular formula is C29H32ClN7. The fourth-order valence-corrected chi connectivity index (χ4v) is 4.85. The smallest absolute Gasteiger partial charge is 0.248 e.